The molecule has 106 valence electrons. The number of hydrogen-bond acceptors (Lipinski definition) is 4. The third kappa shape index (κ3) is 5.39. The van der Waals surface area contributed by atoms with Crippen LogP contribution >= 0.6 is 0 Å². The van der Waals surface area contributed by atoms with Crippen LogP contribution in [0.25, 0.3) is 0 Å². The molecule has 0 unspecified atom stereocenters. The summed E-state index contributed by atoms with van der Waals surface area (Å²) in [4.78, 5) is 11.1. The highest BCUT2D eigenvalue weighted by atomic mass is 15.2. The van der Waals surface area contributed by atoms with Gasteiger partial charge in [-0.2, -0.15) is 0 Å². The second-order valence-corrected chi connectivity index (χ2v) is 5.17. The summed E-state index contributed by atoms with van der Waals surface area (Å²) < 4.78 is 0. The molecule has 1 N–H and O–H groups in total. The maximum absolute atomic E-state index is 4.58. The summed E-state index contributed by atoms with van der Waals surface area (Å²) in [5.41, 5.74) is 2.21. The summed E-state index contributed by atoms with van der Waals surface area (Å²) in [6.07, 6.45) is 5.98. The third-order valence-electron chi connectivity index (χ3n) is 3.01. The maximum atomic E-state index is 4.58. The van der Waals surface area contributed by atoms with Gasteiger partial charge in [-0.1, -0.05) is 19.9 Å². The highest BCUT2D eigenvalue weighted by Gasteiger charge is 2.07. The molecule has 0 aliphatic rings. The average molecular weight is 262 g/mol. The molecule has 0 spiro atoms. The molecular formula is C15H26N4. The van der Waals surface area contributed by atoms with Crippen molar-refractivity contribution in [1.82, 2.24) is 15.3 Å². The fourth-order valence-electron chi connectivity index (χ4n) is 1.72. The van der Waals surface area contributed by atoms with E-state index in [-0.39, 0.29) is 0 Å². The van der Waals surface area contributed by atoms with Gasteiger partial charge in [0.25, 0.3) is 0 Å². The number of aromatic nitrogens is 2. The van der Waals surface area contributed by atoms with Crippen LogP contribution < -0.4 is 10.2 Å². The van der Waals surface area contributed by atoms with E-state index in [1.54, 1.807) is 0 Å². The lowest BCUT2D eigenvalue weighted by molar-refractivity contribution is 0.584. The second-order valence-electron chi connectivity index (χ2n) is 5.17. The van der Waals surface area contributed by atoms with Crippen LogP contribution in [0.3, 0.4) is 0 Å². The number of anilines is 1. The third-order valence-corrected chi connectivity index (χ3v) is 3.01. The Kier molecular flexibility index (Phi) is 6.50. The van der Waals surface area contributed by atoms with Gasteiger partial charge in [-0.05, 0) is 19.8 Å². The molecular weight excluding hydrogens is 236 g/mol. The van der Waals surface area contributed by atoms with Crippen LogP contribution in [-0.4, -0.2) is 29.6 Å². The Morgan fingerprint density at radius 1 is 1.47 bits per heavy atom. The Hall–Kier alpha value is -1.42. The van der Waals surface area contributed by atoms with Crippen LogP contribution in [0.4, 0.5) is 5.95 Å². The standard InChI is InChI=1S/C15H26N4/c1-6-7-8-9-19(5)15-17-11-14(13(4)18-15)10-16-12(2)3/h6,11-12,16H,1,7-10H2,2-5H3. The second kappa shape index (κ2) is 7.89. The number of aryl methyl sites for hydroxylation is 1. The van der Waals surface area contributed by atoms with Gasteiger partial charge >= 0.3 is 0 Å². The lowest BCUT2D eigenvalue weighted by Gasteiger charge is -2.18. The van der Waals surface area contributed by atoms with Crippen LogP contribution in [0.1, 0.15) is 37.9 Å². The van der Waals surface area contributed by atoms with Gasteiger partial charge in [0.1, 0.15) is 0 Å². The van der Waals surface area contributed by atoms with Gasteiger partial charge in [-0.3, -0.25) is 0 Å². The molecule has 0 radical (unpaired) electrons. The Morgan fingerprint density at radius 2 is 2.21 bits per heavy atom. The van der Waals surface area contributed by atoms with Gasteiger partial charge in [-0.25, -0.2) is 9.97 Å². The van der Waals surface area contributed by atoms with Crippen LogP contribution in [0, 0.1) is 6.92 Å². The van der Waals surface area contributed by atoms with Gasteiger partial charge in [-0.15, -0.1) is 6.58 Å². The molecule has 4 nitrogen and oxygen atoms in total. The molecule has 1 rings (SSSR count). The van der Waals surface area contributed by atoms with Crippen molar-refractivity contribution < 1.29 is 0 Å². The van der Waals surface area contributed by atoms with Crippen LogP contribution in [0.5, 0.6) is 0 Å². The largest absolute Gasteiger partial charge is 0.344 e. The number of allylic oxidation sites excluding steroid dienone is 1. The smallest absolute Gasteiger partial charge is 0.225 e. The van der Waals surface area contributed by atoms with Crippen molar-refractivity contribution in [3.63, 3.8) is 0 Å². The molecule has 0 aliphatic heterocycles. The van der Waals surface area contributed by atoms with Gasteiger partial charge in [0, 0.05) is 43.6 Å². The zero-order valence-electron chi connectivity index (χ0n) is 12.6. The van der Waals surface area contributed by atoms with Gasteiger partial charge in [0.2, 0.25) is 5.95 Å². The minimum absolute atomic E-state index is 0.473. The van der Waals surface area contributed by atoms with Crippen LogP contribution in [0.2, 0.25) is 0 Å². The normalized spacial score (nSPS) is 10.8. The van der Waals surface area contributed by atoms with Crippen molar-refractivity contribution in [2.75, 3.05) is 18.5 Å². The molecule has 1 aromatic rings. The fourth-order valence-corrected chi connectivity index (χ4v) is 1.72. The van der Waals surface area contributed by atoms with Crippen LogP contribution in [-0.2, 0) is 6.54 Å². The van der Waals surface area contributed by atoms with Crippen molar-refractivity contribution in [3.8, 4) is 0 Å². The number of rotatable bonds is 8. The Balaban J connectivity index is 2.62. The van der Waals surface area contributed by atoms with Crippen molar-refractivity contribution in [3.05, 3.63) is 30.1 Å². The summed E-state index contributed by atoms with van der Waals surface area (Å²) in [5.74, 6) is 0.801. The zero-order chi connectivity index (χ0) is 14.3. The summed E-state index contributed by atoms with van der Waals surface area (Å²) in [6.45, 7) is 11.8. The maximum Gasteiger partial charge on any atom is 0.225 e. The lowest BCUT2D eigenvalue weighted by Crippen LogP contribution is -2.24. The molecule has 1 heterocycles. The Morgan fingerprint density at radius 3 is 2.79 bits per heavy atom. The van der Waals surface area contributed by atoms with Crippen molar-refractivity contribution in [1.29, 1.82) is 0 Å². The summed E-state index contributed by atoms with van der Waals surface area (Å²) >= 11 is 0. The van der Waals surface area contributed by atoms with E-state index < -0.39 is 0 Å². The van der Waals surface area contributed by atoms with Crippen molar-refractivity contribution >= 4 is 5.95 Å². The first-order chi connectivity index (χ1) is 9.04. The monoisotopic (exact) mass is 262 g/mol. The zero-order valence-corrected chi connectivity index (χ0v) is 12.6. The van der Waals surface area contributed by atoms with E-state index in [1.165, 1.54) is 0 Å². The van der Waals surface area contributed by atoms with Crippen molar-refractivity contribution in [2.24, 2.45) is 0 Å². The van der Waals surface area contributed by atoms with Crippen molar-refractivity contribution in [2.45, 2.75) is 46.2 Å². The number of nitrogens with zero attached hydrogens (tertiary/aromatic N) is 3. The number of nitrogens with one attached hydrogen (secondary N) is 1. The number of hydrogen-bond donors (Lipinski definition) is 1. The van der Waals surface area contributed by atoms with E-state index in [2.05, 4.69) is 40.6 Å². The molecule has 0 aliphatic carbocycles. The number of unbranched alkanes of at least 4 members (excludes halogenated alkanes) is 1. The highest BCUT2D eigenvalue weighted by Crippen LogP contribution is 2.11. The Labute approximate surface area is 117 Å². The predicted octanol–water partition coefficient (Wildman–Crippen LogP) is 2.69. The van der Waals surface area contributed by atoms with E-state index >= 15 is 0 Å². The van der Waals surface area contributed by atoms with E-state index in [9.17, 15) is 0 Å². The molecule has 0 saturated heterocycles. The molecule has 0 bridgehead atoms. The molecule has 1 aromatic heterocycles. The Bertz CT molecular complexity index is 401. The average Bonchev–Trinajstić information content (AvgIpc) is 2.37. The first-order valence-electron chi connectivity index (χ1n) is 6.92. The molecule has 4 heteroatoms. The SMILES string of the molecule is C=CCCCN(C)c1ncc(CNC(C)C)c(C)n1. The lowest BCUT2D eigenvalue weighted by atomic mass is 10.2. The summed E-state index contributed by atoms with van der Waals surface area (Å²) in [6, 6.07) is 0.473. The minimum atomic E-state index is 0.473. The quantitative estimate of drug-likeness (QED) is 0.577. The van der Waals surface area contributed by atoms with Gasteiger partial charge in [0.05, 0.1) is 0 Å². The first-order valence-corrected chi connectivity index (χ1v) is 6.92. The fraction of sp³-hybridized carbons (Fsp3) is 0.600. The molecule has 19 heavy (non-hydrogen) atoms. The van der Waals surface area contributed by atoms with E-state index in [0.717, 1.165) is 43.1 Å². The van der Waals surface area contributed by atoms with E-state index in [0.29, 0.717) is 6.04 Å². The van der Waals surface area contributed by atoms with Gasteiger partial charge < -0.3 is 10.2 Å². The van der Waals surface area contributed by atoms with E-state index in [4.69, 9.17) is 0 Å². The highest BCUT2D eigenvalue weighted by molar-refractivity contribution is 5.31. The summed E-state index contributed by atoms with van der Waals surface area (Å²) in [7, 11) is 2.03. The molecule has 0 aromatic carbocycles. The first kappa shape index (κ1) is 15.6. The molecule has 0 fully saturated rings. The van der Waals surface area contributed by atoms with Crippen LogP contribution in [0.15, 0.2) is 18.9 Å². The molecule has 0 amide bonds. The molecule has 0 saturated carbocycles. The minimum Gasteiger partial charge on any atom is -0.344 e. The topological polar surface area (TPSA) is 41.1 Å². The predicted molar refractivity (Wildman–Crippen MR) is 81.4 cm³/mol. The van der Waals surface area contributed by atoms with E-state index in [1.807, 2.05) is 26.2 Å². The van der Waals surface area contributed by atoms with Gasteiger partial charge in [0.15, 0.2) is 0 Å². The molecule has 0 atom stereocenters. The summed E-state index contributed by atoms with van der Waals surface area (Å²) in [5, 5.41) is 3.39.